The highest BCUT2D eigenvalue weighted by Gasteiger charge is 2.37. The molecule has 5 heteroatoms. The number of cyclic esters (lactones) is 1. The van der Waals surface area contributed by atoms with Gasteiger partial charge in [-0.05, 0) is 17.7 Å². The van der Waals surface area contributed by atoms with Crippen LogP contribution in [-0.4, -0.2) is 23.5 Å². The molecule has 116 valence electrons. The molecule has 0 saturated carbocycles. The van der Waals surface area contributed by atoms with Crippen LogP contribution in [0, 0.1) is 5.82 Å². The lowest BCUT2D eigenvalue weighted by Gasteiger charge is -2.18. The van der Waals surface area contributed by atoms with Gasteiger partial charge in [0.05, 0.1) is 0 Å². The molecule has 1 heterocycles. The topological polar surface area (TPSA) is 46.6 Å². The van der Waals surface area contributed by atoms with Crippen molar-refractivity contribution in [3.05, 3.63) is 77.6 Å². The molecule has 0 aromatic heterocycles. The zero-order valence-corrected chi connectivity index (χ0v) is 12.2. The number of imide groups is 1. The lowest BCUT2D eigenvalue weighted by atomic mass is 10.1. The van der Waals surface area contributed by atoms with E-state index >= 15 is 0 Å². The fraction of sp³-hybridized carbons (Fsp3) is 0.111. The van der Waals surface area contributed by atoms with E-state index in [0.717, 1.165) is 10.5 Å². The summed E-state index contributed by atoms with van der Waals surface area (Å²) in [6, 6.07) is 14.8. The summed E-state index contributed by atoms with van der Waals surface area (Å²) in [5.74, 6) is -0.968. The monoisotopic (exact) mass is 311 g/mol. The highest BCUT2D eigenvalue weighted by atomic mass is 19.1. The number of hydrogen-bond donors (Lipinski definition) is 0. The van der Waals surface area contributed by atoms with Crippen molar-refractivity contribution in [2.45, 2.75) is 6.04 Å². The van der Waals surface area contributed by atoms with Gasteiger partial charge in [0.15, 0.2) is 0 Å². The molecule has 4 nitrogen and oxygen atoms in total. The summed E-state index contributed by atoms with van der Waals surface area (Å²) in [6.07, 6.45) is 1.84. The van der Waals surface area contributed by atoms with Crippen LogP contribution in [0.2, 0.25) is 0 Å². The van der Waals surface area contributed by atoms with Gasteiger partial charge in [0.2, 0.25) is 0 Å². The Hall–Kier alpha value is -2.95. The quantitative estimate of drug-likeness (QED) is 0.814. The molecule has 1 fully saturated rings. The lowest BCUT2D eigenvalue weighted by molar-refractivity contribution is -0.124. The van der Waals surface area contributed by atoms with Crippen molar-refractivity contribution in [2.75, 3.05) is 6.61 Å². The molecule has 2 aromatic carbocycles. The van der Waals surface area contributed by atoms with Gasteiger partial charge in [-0.2, -0.15) is 0 Å². The third-order valence-electron chi connectivity index (χ3n) is 3.61. The first-order chi connectivity index (χ1) is 11.2. The van der Waals surface area contributed by atoms with Crippen LogP contribution in [0.3, 0.4) is 0 Å². The molecule has 1 saturated heterocycles. The van der Waals surface area contributed by atoms with E-state index in [9.17, 15) is 14.0 Å². The average molecular weight is 311 g/mol. The molecule has 2 aromatic rings. The molecule has 0 unspecified atom stereocenters. The summed E-state index contributed by atoms with van der Waals surface area (Å²) in [7, 11) is 0. The molecular weight excluding hydrogens is 297 g/mol. The normalized spacial score (nSPS) is 17.5. The molecule has 1 aliphatic rings. The van der Waals surface area contributed by atoms with Crippen molar-refractivity contribution in [3.63, 3.8) is 0 Å². The van der Waals surface area contributed by atoms with Crippen molar-refractivity contribution < 1.29 is 18.7 Å². The average Bonchev–Trinajstić information content (AvgIpc) is 2.96. The van der Waals surface area contributed by atoms with Gasteiger partial charge < -0.3 is 4.74 Å². The first kappa shape index (κ1) is 15.0. The SMILES string of the molecule is O=C(/C=C/c1ccccc1F)N1C(=O)OC[C@@H]1c1ccccc1. The number of ether oxygens (including phenoxy) is 1. The van der Waals surface area contributed by atoms with E-state index in [1.54, 1.807) is 18.2 Å². The Bertz CT molecular complexity index is 758. The van der Waals surface area contributed by atoms with Gasteiger partial charge in [-0.15, -0.1) is 0 Å². The summed E-state index contributed by atoms with van der Waals surface area (Å²) in [4.78, 5) is 25.2. The van der Waals surface area contributed by atoms with E-state index in [0.29, 0.717) is 0 Å². The number of rotatable bonds is 3. The Balaban J connectivity index is 1.82. The molecule has 0 aliphatic carbocycles. The maximum atomic E-state index is 13.6. The van der Waals surface area contributed by atoms with Crippen LogP contribution in [0.15, 0.2) is 60.7 Å². The third kappa shape index (κ3) is 3.13. The van der Waals surface area contributed by atoms with E-state index in [-0.39, 0.29) is 12.2 Å². The first-order valence-corrected chi connectivity index (χ1v) is 7.14. The van der Waals surface area contributed by atoms with Crippen molar-refractivity contribution in [1.29, 1.82) is 0 Å². The lowest BCUT2D eigenvalue weighted by Crippen LogP contribution is -2.32. The van der Waals surface area contributed by atoms with Gasteiger partial charge in [0, 0.05) is 11.6 Å². The number of nitrogens with zero attached hydrogens (tertiary/aromatic N) is 1. The number of amides is 2. The zero-order chi connectivity index (χ0) is 16.2. The van der Waals surface area contributed by atoms with E-state index in [1.807, 2.05) is 30.3 Å². The Labute approximate surface area is 132 Å². The fourth-order valence-corrected chi connectivity index (χ4v) is 2.44. The van der Waals surface area contributed by atoms with Crippen molar-refractivity contribution in [3.8, 4) is 0 Å². The van der Waals surface area contributed by atoms with Crippen molar-refractivity contribution in [2.24, 2.45) is 0 Å². The molecule has 3 rings (SSSR count). The van der Waals surface area contributed by atoms with Gasteiger partial charge in [-0.25, -0.2) is 14.1 Å². The second-order valence-electron chi connectivity index (χ2n) is 5.07. The summed E-state index contributed by atoms with van der Waals surface area (Å²) in [5.41, 5.74) is 1.09. The summed E-state index contributed by atoms with van der Waals surface area (Å²) in [6.45, 7) is 0.113. The number of halogens is 1. The van der Waals surface area contributed by atoms with Gasteiger partial charge in [0.25, 0.3) is 5.91 Å². The zero-order valence-electron chi connectivity index (χ0n) is 12.2. The van der Waals surface area contributed by atoms with Gasteiger partial charge >= 0.3 is 6.09 Å². The third-order valence-corrected chi connectivity index (χ3v) is 3.61. The Kier molecular flexibility index (Phi) is 4.19. The molecule has 0 bridgehead atoms. The fourth-order valence-electron chi connectivity index (χ4n) is 2.44. The second kappa shape index (κ2) is 6.44. The first-order valence-electron chi connectivity index (χ1n) is 7.14. The van der Waals surface area contributed by atoms with Crippen LogP contribution in [0.1, 0.15) is 17.2 Å². The van der Waals surface area contributed by atoms with E-state index in [1.165, 1.54) is 18.2 Å². The summed E-state index contributed by atoms with van der Waals surface area (Å²) < 4.78 is 18.6. The summed E-state index contributed by atoms with van der Waals surface area (Å²) in [5, 5.41) is 0. The van der Waals surface area contributed by atoms with Crippen LogP contribution in [0.4, 0.5) is 9.18 Å². The van der Waals surface area contributed by atoms with Crippen molar-refractivity contribution >= 4 is 18.1 Å². The van der Waals surface area contributed by atoms with Crippen LogP contribution < -0.4 is 0 Å². The van der Waals surface area contributed by atoms with Crippen LogP contribution in [0.5, 0.6) is 0 Å². The maximum Gasteiger partial charge on any atom is 0.417 e. The Morgan fingerprint density at radius 2 is 1.83 bits per heavy atom. The van der Waals surface area contributed by atoms with Crippen LogP contribution in [-0.2, 0) is 9.53 Å². The molecule has 0 radical (unpaired) electrons. The second-order valence-corrected chi connectivity index (χ2v) is 5.07. The minimum Gasteiger partial charge on any atom is -0.446 e. The predicted octanol–water partition coefficient (Wildman–Crippen LogP) is 3.56. The van der Waals surface area contributed by atoms with Gasteiger partial charge in [-0.3, -0.25) is 4.79 Å². The minimum absolute atomic E-state index is 0.113. The molecule has 0 N–H and O–H groups in total. The number of benzene rings is 2. The van der Waals surface area contributed by atoms with E-state index in [4.69, 9.17) is 4.74 Å². The molecule has 1 atom stereocenters. The van der Waals surface area contributed by atoms with Crippen LogP contribution in [0.25, 0.3) is 6.08 Å². The standard InChI is InChI=1S/C18H14FNO3/c19-15-9-5-4-6-13(15)10-11-17(21)20-16(12-23-18(20)22)14-7-2-1-3-8-14/h1-11,16H,12H2/b11-10+/t16-/m1/s1. The molecule has 0 spiro atoms. The molecule has 1 aliphatic heterocycles. The summed E-state index contributed by atoms with van der Waals surface area (Å²) >= 11 is 0. The maximum absolute atomic E-state index is 13.6. The number of hydrogen-bond acceptors (Lipinski definition) is 3. The largest absolute Gasteiger partial charge is 0.446 e. The Morgan fingerprint density at radius 3 is 2.57 bits per heavy atom. The smallest absolute Gasteiger partial charge is 0.417 e. The molecular formula is C18H14FNO3. The highest BCUT2D eigenvalue weighted by Crippen LogP contribution is 2.28. The van der Waals surface area contributed by atoms with Crippen molar-refractivity contribution in [1.82, 2.24) is 4.90 Å². The van der Waals surface area contributed by atoms with E-state index < -0.39 is 23.9 Å². The van der Waals surface area contributed by atoms with Gasteiger partial charge in [-0.1, -0.05) is 48.5 Å². The van der Waals surface area contributed by atoms with E-state index in [2.05, 4.69) is 0 Å². The molecule has 23 heavy (non-hydrogen) atoms. The molecule has 2 amide bonds. The van der Waals surface area contributed by atoms with Crippen LogP contribution >= 0.6 is 0 Å². The number of carbonyl (C=O) groups excluding carboxylic acids is 2. The predicted molar refractivity (Wildman–Crippen MR) is 82.8 cm³/mol. The highest BCUT2D eigenvalue weighted by molar-refractivity contribution is 6.02. The Morgan fingerprint density at radius 1 is 1.13 bits per heavy atom. The minimum atomic E-state index is -0.693. The number of carbonyl (C=O) groups is 2. The van der Waals surface area contributed by atoms with Gasteiger partial charge in [0.1, 0.15) is 18.5 Å².